The Morgan fingerprint density at radius 1 is 1.25 bits per heavy atom. The molecule has 3 aliphatic heterocycles. The second-order valence-corrected chi connectivity index (χ2v) is 7.98. The first kappa shape index (κ1) is 15.1. The van der Waals surface area contributed by atoms with Crippen LogP contribution >= 0.6 is 11.8 Å². The summed E-state index contributed by atoms with van der Waals surface area (Å²) in [4.78, 5) is 0. The van der Waals surface area contributed by atoms with Crippen molar-refractivity contribution in [3.05, 3.63) is 0 Å². The summed E-state index contributed by atoms with van der Waals surface area (Å²) in [6, 6.07) is 0.650. The fourth-order valence-electron chi connectivity index (χ4n) is 4.18. The topological polar surface area (TPSA) is 30.5 Å². The first-order chi connectivity index (χ1) is 9.81. The van der Waals surface area contributed by atoms with Gasteiger partial charge >= 0.3 is 0 Å². The normalized spacial score (nSPS) is 35.2. The van der Waals surface area contributed by atoms with Crippen molar-refractivity contribution in [1.29, 1.82) is 0 Å². The van der Waals surface area contributed by atoms with Gasteiger partial charge < -0.3 is 14.8 Å². The summed E-state index contributed by atoms with van der Waals surface area (Å²) in [5.74, 6) is 4.13. The van der Waals surface area contributed by atoms with Gasteiger partial charge in [0.05, 0.1) is 5.60 Å². The second kappa shape index (κ2) is 6.99. The van der Waals surface area contributed by atoms with Crippen molar-refractivity contribution in [1.82, 2.24) is 5.32 Å². The number of thioether (sulfide) groups is 1. The fourth-order valence-corrected chi connectivity index (χ4v) is 5.41. The van der Waals surface area contributed by atoms with E-state index >= 15 is 0 Å². The van der Waals surface area contributed by atoms with Crippen molar-refractivity contribution in [3.63, 3.8) is 0 Å². The van der Waals surface area contributed by atoms with Crippen molar-refractivity contribution in [3.8, 4) is 0 Å². The smallest absolute Gasteiger partial charge is 0.0701 e. The van der Waals surface area contributed by atoms with E-state index < -0.39 is 0 Å². The number of rotatable bonds is 4. The summed E-state index contributed by atoms with van der Waals surface area (Å²) >= 11 is 2.09. The highest BCUT2D eigenvalue weighted by molar-refractivity contribution is 7.99. The first-order valence-electron chi connectivity index (χ1n) is 8.28. The SMILES string of the molecule is CNC(CC1CCOC1)C1CCOC2(CCSCC2)C1. The maximum atomic E-state index is 6.24. The number of hydrogen-bond acceptors (Lipinski definition) is 4. The lowest BCUT2D eigenvalue weighted by Gasteiger charge is -2.45. The predicted octanol–water partition coefficient (Wildman–Crippen LogP) is 2.69. The van der Waals surface area contributed by atoms with Crippen LogP contribution in [0.4, 0.5) is 0 Å². The van der Waals surface area contributed by atoms with Crippen LogP contribution in [0.15, 0.2) is 0 Å². The van der Waals surface area contributed by atoms with Gasteiger partial charge in [-0.3, -0.25) is 0 Å². The molecule has 0 amide bonds. The molecule has 116 valence electrons. The van der Waals surface area contributed by atoms with Crippen LogP contribution in [0.3, 0.4) is 0 Å². The lowest BCUT2D eigenvalue weighted by atomic mass is 9.76. The van der Waals surface area contributed by atoms with Crippen molar-refractivity contribution < 1.29 is 9.47 Å². The summed E-state index contributed by atoms with van der Waals surface area (Å²) in [5, 5.41) is 3.60. The standard InChI is InChI=1S/C16H29NO2S/c1-17-15(10-13-2-6-18-12-13)14-3-7-19-16(11-14)4-8-20-9-5-16/h13-15,17H,2-12H2,1H3. The van der Waals surface area contributed by atoms with E-state index in [2.05, 4.69) is 24.1 Å². The molecule has 3 saturated heterocycles. The van der Waals surface area contributed by atoms with Gasteiger partial charge in [0.1, 0.15) is 0 Å². The van der Waals surface area contributed by atoms with E-state index in [0.717, 1.165) is 31.7 Å². The summed E-state index contributed by atoms with van der Waals surface area (Å²) in [7, 11) is 2.14. The third-order valence-corrected chi connectivity index (χ3v) is 6.47. The molecule has 1 N–H and O–H groups in total. The molecular formula is C16H29NO2S. The molecule has 0 aromatic heterocycles. The van der Waals surface area contributed by atoms with Crippen molar-refractivity contribution in [2.75, 3.05) is 38.4 Å². The van der Waals surface area contributed by atoms with Crippen LogP contribution in [0.1, 0.15) is 38.5 Å². The molecule has 20 heavy (non-hydrogen) atoms. The monoisotopic (exact) mass is 299 g/mol. The molecule has 1 spiro atoms. The Kier molecular flexibility index (Phi) is 5.29. The summed E-state index contributed by atoms with van der Waals surface area (Å²) in [6.07, 6.45) is 7.56. The number of nitrogens with one attached hydrogen (secondary N) is 1. The van der Waals surface area contributed by atoms with E-state index in [9.17, 15) is 0 Å². The first-order valence-corrected chi connectivity index (χ1v) is 9.43. The minimum atomic E-state index is 0.218. The molecular weight excluding hydrogens is 270 g/mol. The Labute approximate surface area is 127 Å². The van der Waals surface area contributed by atoms with E-state index in [4.69, 9.17) is 9.47 Å². The molecule has 0 saturated carbocycles. The van der Waals surface area contributed by atoms with Gasteiger partial charge in [0.25, 0.3) is 0 Å². The second-order valence-electron chi connectivity index (χ2n) is 6.76. The van der Waals surface area contributed by atoms with Crippen LogP contribution in [0.2, 0.25) is 0 Å². The predicted molar refractivity (Wildman–Crippen MR) is 84.4 cm³/mol. The lowest BCUT2D eigenvalue weighted by Crippen LogP contribution is -2.48. The largest absolute Gasteiger partial charge is 0.381 e. The van der Waals surface area contributed by atoms with Crippen LogP contribution in [-0.2, 0) is 9.47 Å². The van der Waals surface area contributed by atoms with Crippen LogP contribution in [-0.4, -0.2) is 50.0 Å². The molecule has 3 nitrogen and oxygen atoms in total. The van der Waals surface area contributed by atoms with E-state index in [-0.39, 0.29) is 5.60 Å². The Balaban J connectivity index is 1.58. The van der Waals surface area contributed by atoms with Crippen molar-refractivity contribution in [2.45, 2.75) is 50.2 Å². The molecule has 0 bridgehead atoms. The third kappa shape index (κ3) is 3.52. The molecule has 0 aliphatic carbocycles. The molecule has 3 aliphatic rings. The average molecular weight is 299 g/mol. The summed E-state index contributed by atoms with van der Waals surface area (Å²) < 4.78 is 11.8. The average Bonchev–Trinajstić information content (AvgIpc) is 2.98. The highest BCUT2D eigenvalue weighted by Crippen LogP contribution is 2.41. The molecule has 3 rings (SSSR count). The van der Waals surface area contributed by atoms with Crippen LogP contribution in [0.25, 0.3) is 0 Å². The molecule has 3 fully saturated rings. The maximum Gasteiger partial charge on any atom is 0.0701 e. The molecule has 0 aromatic carbocycles. The molecule has 0 aromatic rings. The van der Waals surface area contributed by atoms with Gasteiger partial charge in [0.15, 0.2) is 0 Å². The summed E-state index contributed by atoms with van der Waals surface area (Å²) in [5.41, 5.74) is 0.218. The Morgan fingerprint density at radius 3 is 2.80 bits per heavy atom. The zero-order valence-electron chi connectivity index (χ0n) is 12.7. The molecule has 3 unspecified atom stereocenters. The van der Waals surface area contributed by atoms with Crippen LogP contribution in [0.5, 0.6) is 0 Å². The summed E-state index contributed by atoms with van der Waals surface area (Å²) in [6.45, 7) is 2.91. The highest BCUT2D eigenvalue weighted by Gasteiger charge is 2.41. The zero-order chi connectivity index (χ0) is 13.8. The minimum absolute atomic E-state index is 0.218. The molecule has 3 atom stereocenters. The van der Waals surface area contributed by atoms with E-state index in [1.165, 1.54) is 50.0 Å². The maximum absolute atomic E-state index is 6.24. The minimum Gasteiger partial charge on any atom is -0.381 e. The van der Waals surface area contributed by atoms with Gasteiger partial charge in [-0.25, -0.2) is 0 Å². The molecule has 4 heteroatoms. The molecule has 3 heterocycles. The zero-order valence-corrected chi connectivity index (χ0v) is 13.6. The van der Waals surface area contributed by atoms with E-state index in [0.29, 0.717) is 6.04 Å². The van der Waals surface area contributed by atoms with Crippen molar-refractivity contribution in [2.24, 2.45) is 11.8 Å². The Morgan fingerprint density at radius 2 is 2.10 bits per heavy atom. The van der Waals surface area contributed by atoms with E-state index in [1.54, 1.807) is 0 Å². The van der Waals surface area contributed by atoms with Gasteiger partial charge in [0, 0.05) is 25.9 Å². The number of ether oxygens (including phenoxy) is 2. The van der Waals surface area contributed by atoms with Crippen LogP contribution in [0, 0.1) is 11.8 Å². The van der Waals surface area contributed by atoms with Gasteiger partial charge in [-0.1, -0.05) is 0 Å². The quantitative estimate of drug-likeness (QED) is 0.864. The fraction of sp³-hybridized carbons (Fsp3) is 1.00. The Bertz CT molecular complexity index is 295. The van der Waals surface area contributed by atoms with Gasteiger partial charge in [-0.05, 0) is 68.9 Å². The van der Waals surface area contributed by atoms with Crippen molar-refractivity contribution >= 4 is 11.8 Å². The Hall–Kier alpha value is 0.230. The lowest BCUT2D eigenvalue weighted by molar-refractivity contribution is -0.107. The van der Waals surface area contributed by atoms with Gasteiger partial charge in [-0.2, -0.15) is 11.8 Å². The van der Waals surface area contributed by atoms with Crippen LogP contribution < -0.4 is 5.32 Å². The number of hydrogen-bond donors (Lipinski definition) is 1. The third-order valence-electron chi connectivity index (χ3n) is 5.49. The van der Waals surface area contributed by atoms with Gasteiger partial charge in [0.2, 0.25) is 0 Å². The highest BCUT2D eigenvalue weighted by atomic mass is 32.2. The van der Waals surface area contributed by atoms with Gasteiger partial charge in [-0.15, -0.1) is 0 Å². The van der Waals surface area contributed by atoms with E-state index in [1.807, 2.05) is 0 Å². The molecule has 0 radical (unpaired) electrons.